The van der Waals surface area contributed by atoms with E-state index < -0.39 is 10.0 Å². The van der Waals surface area contributed by atoms with Crippen molar-refractivity contribution in [2.75, 3.05) is 25.9 Å². The molecule has 1 aromatic heterocycles. The molecule has 0 bridgehead atoms. The summed E-state index contributed by atoms with van der Waals surface area (Å²) in [5, 5.41) is 4.02. The summed E-state index contributed by atoms with van der Waals surface area (Å²) in [4.78, 5) is 2.17. The maximum Gasteiger partial charge on any atom is 0.245 e. The number of nitrogens with one attached hydrogen (secondary N) is 1. The van der Waals surface area contributed by atoms with Crippen molar-refractivity contribution in [2.45, 2.75) is 51.1 Å². The van der Waals surface area contributed by atoms with E-state index in [9.17, 15) is 8.42 Å². The first kappa shape index (κ1) is 17.9. The number of anilines is 1. The summed E-state index contributed by atoms with van der Waals surface area (Å²) in [5.41, 5.74) is 5.70. The smallest absolute Gasteiger partial charge is 0.245 e. The number of nitrogen functional groups attached to an aromatic ring is 1. The van der Waals surface area contributed by atoms with Gasteiger partial charge in [0, 0.05) is 31.9 Å². The molecule has 0 radical (unpaired) electrons. The highest BCUT2D eigenvalue weighted by molar-refractivity contribution is 7.89. The molecule has 0 aliphatic carbocycles. The van der Waals surface area contributed by atoms with Crippen LogP contribution in [0.15, 0.2) is 11.1 Å². The Morgan fingerprint density at radius 1 is 1.48 bits per heavy atom. The fourth-order valence-corrected chi connectivity index (χ4v) is 3.03. The van der Waals surface area contributed by atoms with E-state index in [2.05, 4.69) is 28.6 Å². The van der Waals surface area contributed by atoms with Gasteiger partial charge in [-0.3, -0.25) is 4.68 Å². The normalized spacial score (nSPS) is 13.8. The van der Waals surface area contributed by atoms with Gasteiger partial charge in [0.25, 0.3) is 0 Å². The van der Waals surface area contributed by atoms with Crippen LogP contribution in [0.2, 0.25) is 0 Å². The molecule has 21 heavy (non-hydrogen) atoms. The summed E-state index contributed by atoms with van der Waals surface area (Å²) in [6.07, 6.45) is 3.38. The number of hydrogen-bond acceptors (Lipinski definition) is 5. The third-order valence-electron chi connectivity index (χ3n) is 3.60. The topological polar surface area (TPSA) is 93.2 Å². The Kier molecular flexibility index (Phi) is 6.63. The Morgan fingerprint density at radius 3 is 2.71 bits per heavy atom. The zero-order chi connectivity index (χ0) is 16.0. The van der Waals surface area contributed by atoms with E-state index in [0.717, 1.165) is 12.8 Å². The van der Waals surface area contributed by atoms with Crippen LogP contribution < -0.4 is 10.5 Å². The highest BCUT2D eigenvalue weighted by Gasteiger charge is 2.21. The first-order chi connectivity index (χ1) is 9.81. The Balaban J connectivity index is 2.65. The highest BCUT2D eigenvalue weighted by atomic mass is 32.2. The minimum atomic E-state index is -3.60. The van der Waals surface area contributed by atoms with Crippen LogP contribution in [0.25, 0.3) is 0 Å². The number of nitrogens with zero attached hydrogens (tertiary/aromatic N) is 3. The Labute approximate surface area is 127 Å². The molecule has 0 fully saturated rings. The SMILES string of the molecule is CCCn1cc(S(=O)(=O)NCCN(C)C(C)CC)c(N)n1. The third kappa shape index (κ3) is 4.98. The summed E-state index contributed by atoms with van der Waals surface area (Å²) < 4.78 is 28.6. The fraction of sp³-hybridized carbons (Fsp3) is 0.769. The van der Waals surface area contributed by atoms with Crippen LogP contribution in [0.3, 0.4) is 0 Å². The fourth-order valence-electron chi connectivity index (χ4n) is 1.93. The van der Waals surface area contributed by atoms with E-state index in [1.165, 1.54) is 6.20 Å². The van der Waals surface area contributed by atoms with Crippen LogP contribution in [0.5, 0.6) is 0 Å². The van der Waals surface area contributed by atoms with Gasteiger partial charge in [-0.15, -0.1) is 0 Å². The lowest BCUT2D eigenvalue weighted by molar-refractivity contribution is 0.256. The van der Waals surface area contributed by atoms with Gasteiger partial charge in [-0.1, -0.05) is 13.8 Å². The maximum atomic E-state index is 12.2. The van der Waals surface area contributed by atoms with Gasteiger partial charge in [0.15, 0.2) is 5.82 Å². The lowest BCUT2D eigenvalue weighted by Gasteiger charge is -2.23. The Morgan fingerprint density at radius 2 is 2.14 bits per heavy atom. The molecule has 0 amide bonds. The number of aryl methyl sites for hydroxylation is 1. The standard InChI is InChI=1S/C13H27N5O2S/c1-5-8-18-10-12(13(14)16-18)21(19,20)15-7-9-17(4)11(3)6-2/h10-11,15H,5-9H2,1-4H3,(H2,14,16). The van der Waals surface area contributed by atoms with Crippen molar-refractivity contribution in [2.24, 2.45) is 0 Å². The number of likely N-dealkylation sites (N-methyl/N-ethyl adjacent to an activating group) is 1. The molecule has 0 aliphatic heterocycles. The van der Waals surface area contributed by atoms with Crippen molar-refractivity contribution < 1.29 is 8.42 Å². The molecule has 8 heteroatoms. The Hall–Kier alpha value is -1.12. The molecule has 0 spiro atoms. The molecule has 0 aromatic carbocycles. The first-order valence-corrected chi connectivity index (χ1v) is 8.83. The molecular formula is C13H27N5O2S. The second kappa shape index (κ2) is 7.77. The van der Waals surface area contributed by atoms with Crippen LogP contribution in [-0.2, 0) is 16.6 Å². The molecule has 1 heterocycles. The molecule has 3 N–H and O–H groups in total. The second-order valence-electron chi connectivity index (χ2n) is 5.28. The van der Waals surface area contributed by atoms with Crippen molar-refractivity contribution in [3.8, 4) is 0 Å². The van der Waals surface area contributed by atoms with Crippen LogP contribution in [0.4, 0.5) is 5.82 Å². The molecule has 1 atom stereocenters. The molecule has 0 saturated heterocycles. The monoisotopic (exact) mass is 317 g/mol. The van der Waals surface area contributed by atoms with E-state index >= 15 is 0 Å². The van der Waals surface area contributed by atoms with Crippen molar-refractivity contribution in [1.29, 1.82) is 0 Å². The Bertz CT molecular complexity index is 541. The zero-order valence-electron chi connectivity index (χ0n) is 13.3. The predicted octanol–water partition coefficient (Wildman–Crippen LogP) is 0.884. The van der Waals surface area contributed by atoms with Gasteiger partial charge in [-0.05, 0) is 26.8 Å². The van der Waals surface area contributed by atoms with Crippen molar-refractivity contribution in [3.63, 3.8) is 0 Å². The largest absolute Gasteiger partial charge is 0.381 e. The predicted molar refractivity (Wildman–Crippen MR) is 84.5 cm³/mol. The van der Waals surface area contributed by atoms with Crippen molar-refractivity contribution in [3.05, 3.63) is 6.20 Å². The minimum Gasteiger partial charge on any atom is -0.381 e. The second-order valence-corrected chi connectivity index (χ2v) is 7.01. The quantitative estimate of drug-likeness (QED) is 0.705. The first-order valence-electron chi connectivity index (χ1n) is 7.34. The summed E-state index contributed by atoms with van der Waals surface area (Å²) in [6, 6.07) is 0.423. The van der Waals surface area contributed by atoms with Gasteiger partial charge in [0.1, 0.15) is 4.90 Å². The highest BCUT2D eigenvalue weighted by Crippen LogP contribution is 2.16. The molecule has 1 unspecified atom stereocenters. The molecule has 1 aromatic rings. The van der Waals surface area contributed by atoms with Gasteiger partial charge in [0.2, 0.25) is 10.0 Å². The number of sulfonamides is 1. The summed E-state index contributed by atoms with van der Waals surface area (Å²) >= 11 is 0. The third-order valence-corrected chi connectivity index (χ3v) is 5.07. The van der Waals surface area contributed by atoms with Gasteiger partial charge >= 0.3 is 0 Å². The van der Waals surface area contributed by atoms with Crippen LogP contribution in [-0.4, -0.2) is 49.3 Å². The number of hydrogen-bond donors (Lipinski definition) is 2. The lowest BCUT2D eigenvalue weighted by atomic mass is 10.2. The molecular weight excluding hydrogens is 290 g/mol. The summed E-state index contributed by atoms with van der Waals surface area (Å²) in [7, 11) is -1.62. The summed E-state index contributed by atoms with van der Waals surface area (Å²) in [5.74, 6) is 0.0474. The van der Waals surface area contributed by atoms with Crippen LogP contribution >= 0.6 is 0 Å². The van der Waals surface area contributed by atoms with Gasteiger partial charge in [-0.2, -0.15) is 5.10 Å². The summed E-state index contributed by atoms with van der Waals surface area (Å²) in [6.45, 7) is 7.86. The minimum absolute atomic E-state index is 0.0474. The molecule has 7 nitrogen and oxygen atoms in total. The number of rotatable bonds is 9. The van der Waals surface area contributed by atoms with Gasteiger partial charge < -0.3 is 10.6 Å². The van der Waals surface area contributed by atoms with Crippen LogP contribution in [0.1, 0.15) is 33.6 Å². The lowest BCUT2D eigenvalue weighted by Crippen LogP contribution is -2.37. The van der Waals surface area contributed by atoms with E-state index in [-0.39, 0.29) is 10.7 Å². The van der Waals surface area contributed by atoms with E-state index in [0.29, 0.717) is 25.7 Å². The van der Waals surface area contributed by atoms with E-state index in [1.54, 1.807) is 4.68 Å². The van der Waals surface area contributed by atoms with E-state index in [4.69, 9.17) is 5.73 Å². The molecule has 0 aliphatic rings. The average Bonchev–Trinajstić information content (AvgIpc) is 2.79. The van der Waals surface area contributed by atoms with E-state index in [1.807, 2.05) is 14.0 Å². The average molecular weight is 317 g/mol. The zero-order valence-corrected chi connectivity index (χ0v) is 14.2. The number of aromatic nitrogens is 2. The molecule has 0 saturated carbocycles. The molecule has 122 valence electrons. The van der Waals surface area contributed by atoms with Gasteiger partial charge in [-0.25, -0.2) is 13.1 Å². The number of nitrogens with two attached hydrogens (primary N) is 1. The van der Waals surface area contributed by atoms with Crippen molar-refractivity contribution >= 4 is 15.8 Å². The van der Waals surface area contributed by atoms with Crippen molar-refractivity contribution in [1.82, 2.24) is 19.4 Å². The molecule has 1 rings (SSSR count). The maximum absolute atomic E-state index is 12.2. The van der Waals surface area contributed by atoms with Gasteiger partial charge in [0.05, 0.1) is 0 Å². The van der Waals surface area contributed by atoms with Crippen LogP contribution in [0, 0.1) is 0 Å².